The van der Waals surface area contributed by atoms with Gasteiger partial charge in [0, 0.05) is 16.8 Å². The Bertz CT molecular complexity index is 1620. The monoisotopic (exact) mass is 532 g/mol. The number of aryl methyl sites for hydroxylation is 2. The molecule has 2 aromatic carbocycles. The van der Waals surface area contributed by atoms with E-state index in [0.717, 1.165) is 17.1 Å². The number of fused-ring (bicyclic) bond motifs is 1. The van der Waals surface area contributed by atoms with Crippen molar-refractivity contribution in [1.29, 1.82) is 0 Å². The molecule has 196 valence electrons. The molecule has 1 aliphatic heterocycles. The third kappa shape index (κ3) is 4.28. The van der Waals surface area contributed by atoms with Crippen molar-refractivity contribution < 1.29 is 9.21 Å². The second-order valence-electron chi connectivity index (χ2n) is 10.6. The van der Waals surface area contributed by atoms with Gasteiger partial charge in [0.2, 0.25) is 0 Å². The summed E-state index contributed by atoms with van der Waals surface area (Å²) in [6.07, 6.45) is 2.36. The highest BCUT2D eigenvalue weighted by Crippen LogP contribution is 2.41. The van der Waals surface area contributed by atoms with E-state index in [9.17, 15) is 14.4 Å². The molecule has 0 unspecified atom stereocenters. The third-order valence-electron chi connectivity index (χ3n) is 6.89. The number of nitrogens with zero attached hydrogens (tertiary/aromatic N) is 2. The fourth-order valence-electron chi connectivity index (χ4n) is 4.88. The molecule has 0 fully saturated rings. The predicted molar refractivity (Wildman–Crippen MR) is 149 cm³/mol. The van der Waals surface area contributed by atoms with Crippen molar-refractivity contribution in [2.24, 2.45) is 5.41 Å². The Kier molecular flexibility index (Phi) is 6.39. The summed E-state index contributed by atoms with van der Waals surface area (Å²) in [5.74, 6) is 1.16. The third-order valence-corrected chi connectivity index (χ3v) is 7.25. The first-order valence-corrected chi connectivity index (χ1v) is 12.9. The molecule has 0 bridgehead atoms. The van der Waals surface area contributed by atoms with Gasteiger partial charge in [-0.3, -0.25) is 19.4 Å². The lowest BCUT2D eigenvalue weighted by atomic mass is 9.85. The normalized spacial score (nSPS) is 14.2. The summed E-state index contributed by atoms with van der Waals surface area (Å²) in [7, 11) is 0. The zero-order chi connectivity index (χ0) is 27.4. The maximum absolute atomic E-state index is 13.7. The summed E-state index contributed by atoms with van der Waals surface area (Å²) in [5, 5.41) is 6.76. The predicted octanol–water partition coefficient (Wildman–Crippen LogP) is 5.90. The number of benzene rings is 1. The second kappa shape index (κ2) is 9.44. The van der Waals surface area contributed by atoms with Crippen LogP contribution in [-0.2, 0) is 13.0 Å². The standard InChI is InChI=1S/C29H29ClN4O4/c1-6-18-20(8-7-13-31-18)34-14-16-17(30)10-11-19(22(16)28(34)37)32-23-24(26(36)25(23)35)33-27(29(3,4)5)21-12-9-15(2)38-21/h7-13,27,32-33H,6,14H2,1-5H3/t27-/m0/s1. The van der Waals surface area contributed by atoms with E-state index in [1.807, 2.05) is 52.8 Å². The number of aromatic nitrogens is 1. The molecule has 0 saturated heterocycles. The minimum absolute atomic E-state index is 0.110. The molecule has 1 atom stereocenters. The van der Waals surface area contributed by atoms with Crippen LogP contribution in [0.3, 0.4) is 0 Å². The van der Waals surface area contributed by atoms with Crippen LogP contribution in [0.2, 0.25) is 5.02 Å². The molecule has 2 aromatic heterocycles. The molecule has 0 radical (unpaired) electrons. The van der Waals surface area contributed by atoms with Crippen LogP contribution in [0.5, 0.6) is 0 Å². The quantitative estimate of drug-likeness (QED) is 0.285. The van der Waals surface area contributed by atoms with Crippen LogP contribution < -0.4 is 26.4 Å². The van der Waals surface area contributed by atoms with Crippen molar-refractivity contribution in [3.05, 3.63) is 96.4 Å². The van der Waals surface area contributed by atoms with E-state index in [-0.39, 0.29) is 35.3 Å². The van der Waals surface area contributed by atoms with Gasteiger partial charge in [-0.2, -0.15) is 0 Å². The van der Waals surface area contributed by atoms with Gasteiger partial charge in [0.05, 0.1) is 35.2 Å². The zero-order valence-electron chi connectivity index (χ0n) is 21.9. The van der Waals surface area contributed by atoms with Crippen molar-refractivity contribution in [1.82, 2.24) is 4.98 Å². The Hall–Kier alpha value is -3.91. The average Bonchev–Trinajstić information content (AvgIpc) is 3.47. The van der Waals surface area contributed by atoms with Crippen molar-refractivity contribution in [2.75, 3.05) is 15.5 Å². The Morgan fingerprint density at radius 2 is 1.82 bits per heavy atom. The number of carbonyl (C=O) groups is 1. The molecule has 0 spiro atoms. The molecule has 0 saturated carbocycles. The molecule has 38 heavy (non-hydrogen) atoms. The summed E-state index contributed by atoms with van der Waals surface area (Å²) in [4.78, 5) is 45.1. The molecule has 9 heteroatoms. The molecule has 3 heterocycles. The number of anilines is 4. The summed E-state index contributed by atoms with van der Waals surface area (Å²) in [6.45, 7) is 10.2. The fraction of sp³-hybridized carbons (Fsp3) is 0.310. The number of hydrogen-bond acceptors (Lipinski definition) is 7. The highest BCUT2D eigenvalue weighted by atomic mass is 35.5. The van der Waals surface area contributed by atoms with Crippen LogP contribution in [0, 0.1) is 12.3 Å². The van der Waals surface area contributed by atoms with Crippen molar-refractivity contribution in [3.8, 4) is 0 Å². The highest BCUT2D eigenvalue weighted by molar-refractivity contribution is 6.33. The van der Waals surface area contributed by atoms with E-state index in [4.69, 9.17) is 16.0 Å². The fourth-order valence-corrected chi connectivity index (χ4v) is 5.10. The maximum atomic E-state index is 13.7. The van der Waals surface area contributed by atoms with Crippen LogP contribution in [-0.4, -0.2) is 10.9 Å². The number of pyridine rings is 1. The number of amides is 1. The maximum Gasteiger partial charge on any atom is 0.261 e. The van der Waals surface area contributed by atoms with Gasteiger partial charge in [-0.1, -0.05) is 39.3 Å². The van der Waals surface area contributed by atoms with Gasteiger partial charge in [0.1, 0.15) is 22.9 Å². The Balaban J connectivity index is 1.50. The number of halogens is 1. The van der Waals surface area contributed by atoms with E-state index in [0.29, 0.717) is 34.0 Å². The molecular weight excluding hydrogens is 504 g/mol. The Morgan fingerprint density at radius 3 is 2.47 bits per heavy atom. The number of furan rings is 1. The molecular formula is C29H29ClN4O4. The Labute approximate surface area is 225 Å². The molecule has 0 aliphatic carbocycles. The van der Waals surface area contributed by atoms with Crippen LogP contribution in [0.25, 0.3) is 0 Å². The minimum Gasteiger partial charge on any atom is -0.464 e. The van der Waals surface area contributed by atoms with Gasteiger partial charge < -0.3 is 20.0 Å². The van der Waals surface area contributed by atoms with E-state index in [1.165, 1.54) is 0 Å². The molecule has 8 nitrogen and oxygen atoms in total. The van der Waals surface area contributed by atoms with Gasteiger partial charge in [-0.25, -0.2) is 0 Å². The van der Waals surface area contributed by atoms with Crippen LogP contribution in [0.15, 0.2) is 56.6 Å². The number of rotatable bonds is 7. The van der Waals surface area contributed by atoms with Crippen LogP contribution in [0.1, 0.15) is 66.9 Å². The lowest BCUT2D eigenvalue weighted by Gasteiger charge is -2.31. The van der Waals surface area contributed by atoms with Gasteiger partial charge in [-0.05, 0) is 55.2 Å². The van der Waals surface area contributed by atoms with Gasteiger partial charge >= 0.3 is 0 Å². The largest absolute Gasteiger partial charge is 0.464 e. The number of nitrogens with one attached hydrogen (secondary N) is 2. The van der Waals surface area contributed by atoms with E-state index >= 15 is 0 Å². The zero-order valence-corrected chi connectivity index (χ0v) is 22.7. The molecule has 2 N–H and O–H groups in total. The van der Waals surface area contributed by atoms with Crippen molar-refractivity contribution in [3.63, 3.8) is 0 Å². The summed E-state index contributed by atoms with van der Waals surface area (Å²) in [6, 6.07) is 10.3. The van der Waals surface area contributed by atoms with E-state index < -0.39 is 10.9 Å². The van der Waals surface area contributed by atoms with E-state index in [2.05, 4.69) is 15.6 Å². The highest BCUT2D eigenvalue weighted by Gasteiger charge is 2.36. The first kappa shape index (κ1) is 25.7. The summed E-state index contributed by atoms with van der Waals surface area (Å²) < 4.78 is 5.85. The van der Waals surface area contributed by atoms with Crippen molar-refractivity contribution in [2.45, 2.75) is 53.6 Å². The summed E-state index contributed by atoms with van der Waals surface area (Å²) >= 11 is 6.51. The SMILES string of the molecule is CCc1ncccc1N1Cc2c(Cl)ccc(Nc3c(N[C@@H](c4ccc(C)o4)C(C)(C)C)c(=O)c3=O)c2C1=O. The smallest absolute Gasteiger partial charge is 0.261 e. The number of hydrogen-bond donors (Lipinski definition) is 2. The molecule has 5 rings (SSSR count). The van der Waals surface area contributed by atoms with Crippen molar-refractivity contribution >= 4 is 40.3 Å². The lowest BCUT2D eigenvalue weighted by molar-refractivity contribution is 0.0997. The molecule has 1 amide bonds. The molecule has 4 aromatic rings. The van der Waals surface area contributed by atoms with Gasteiger partial charge in [0.15, 0.2) is 0 Å². The topological polar surface area (TPSA) is 105 Å². The number of carbonyl (C=O) groups excluding carboxylic acids is 1. The van der Waals surface area contributed by atoms with Crippen LogP contribution >= 0.6 is 11.6 Å². The van der Waals surface area contributed by atoms with Gasteiger partial charge in [-0.15, -0.1) is 0 Å². The Morgan fingerprint density at radius 1 is 1.08 bits per heavy atom. The molecule has 1 aliphatic rings. The lowest BCUT2D eigenvalue weighted by Crippen LogP contribution is -2.39. The minimum atomic E-state index is -0.651. The summed E-state index contributed by atoms with van der Waals surface area (Å²) in [5.41, 5.74) is 1.63. The first-order valence-electron chi connectivity index (χ1n) is 12.5. The van der Waals surface area contributed by atoms with Gasteiger partial charge in [0.25, 0.3) is 16.8 Å². The average molecular weight is 533 g/mol. The first-order chi connectivity index (χ1) is 18.0. The second-order valence-corrected chi connectivity index (χ2v) is 11.0. The van der Waals surface area contributed by atoms with Crippen LogP contribution in [0.4, 0.5) is 22.7 Å². The van der Waals surface area contributed by atoms with E-state index in [1.54, 1.807) is 29.3 Å².